The van der Waals surface area contributed by atoms with Gasteiger partial charge in [0.25, 0.3) is 0 Å². The minimum absolute atomic E-state index is 0.927. The minimum Gasteiger partial charge on any atom is -0.455 e. The zero-order valence-corrected chi connectivity index (χ0v) is 15.6. The Labute approximate surface area is 143 Å². The Balaban J connectivity index is 1.98. The quantitative estimate of drug-likeness (QED) is 0.453. The van der Waals surface area contributed by atoms with E-state index < -0.39 is 8.07 Å². The predicted octanol–water partition coefficient (Wildman–Crippen LogP) is 5.50. The lowest BCUT2D eigenvalue weighted by atomic mass is 10.1. The van der Waals surface area contributed by atoms with Crippen LogP contribution in [0.5, 0.6) is 0 Å². The van der Waals surface area contributed by atoms with Crippen molar-refractivity contribution in [3.8, 4) is 11.3 Å². The first-order valence-electron chi connectivity index (χ1n) is 8.32. The standard InChI is InChI=1S/C21H21NOSi/c1-14-8-11-19(22-13-14)18-7-5-6-17-16-10-9-15(24(2,3)4)12-20(16)23-21(17)18/h5-13H,1-4H3. The lowest BCUT2D eigenvalue weighted by Crippen LogP contribution is -2.37. The van der Waals surface area contributed by atoms with Crippen LogP contribution in [0.15, 0.2) is 59.1 Å². The highest BCUT2D eigenvalue weighted by Gasteiger charge is 2.19. The first-order chi connectivity index (χ1) is 11.4. The van der Waals surface area contributed by atoms with Crippen molar-refractivity contribution in [2.24, 2.45) is 0 Å². The number of pyridine rings is 1. The molecule has 0 spiro atoms. The fraction of sp³-hybridized carbons (Fsp3) is 0.190. The van der Waals surface area contributed by atoms with E-state index in [1.165, 1.54) is 10.6 Å². The van der Waals surface area contributed by atoms with Crippen LogP contribution in [0.3, 0.4) is 0 Å². The molecule has 3 heteroatoms. The molecule has 0 saturated carbocycles. The molecule has 4 aromatic rings. The number of hydrogen-bond acceptors (Lipinski definition) is 2. The average molecular weight is 331 g/mol. The van der Waals surface area contributed by atoms with Gasteiger partial charge in [0, 0.05) is 22.5 Å². The molecule has 2 heterocycles. The summed E-state index contributed by atoms with van der Waals surface area (Å²) in [7, 11) is -1.36. The lowest BCUT2D eigenvalue weighted by molar-refractivity contribution is 0.670. The smallest absolute Gasteiger partial charge is 0.144 e. The summed E-state index contributed by atoms with van der Waals surface area (Å²) in [6.07, 6.45) is 1.90. The Morgan fingerprint density at radius 3 is 2.46 bits per heavy atom. The maximum Gasteiger partial charge on any atom is 0.144 e. The normalized spacial score (nSPS) is 12.2. The Morgan fingerprint density at radius 1 is 0.917 bits per heavy atom. The molecular weight excluding hydrogens is 310 g/mol. The van der Waals surface area contributed by atoms with E-state index in [1.54, 1.807) is 0 Å². The Kier molecular flexibility index (Phi) is 3.36. The Hall–Kier alpha value is -2.39. The van der Waals surface area contributed by atoms with Gasteiger partial charge in [0.05, 0.1) is 13.8 Å². The number of furan rings is 1. The molecule has 0 saturated heterocycles. The topological polar surface area (TPSA) is 26.0 Å². The van der Waals surface area contributed by atoms with Gasteiger partial charge in [-0.25, -0.2) is 0 Å². The number of nitrogens with zero attached hydrogens (tertiary/aromatic N) is 1. The summed E-state index contributed by atoms with van der Waals surface area (Å²) in [4.78, 5) is 4.57. The van der Waals surface area contributed by atoms with Gasteiger partial charge in [-0.1, -0.05) is 55.2 Å². The molecule has 0 N–H and O–H groups in total. The number of benzene rings is 2. The highest BCUT2D eigenvalue weighted by Crippen LogP contribution is 2.34. The molecule has 2 nitrogen and oxygen atoms in total. The summed E-state index contributed by atoms with van der Waals surface area (Å²) >= 11 is 0. The maximum absolute atomic E-state index is 6.29. The van der Waals surface area contributed by atoms with E-state index in [0.717, 1.165) is 33.4 Å². The summed E-state index contributed by atoms with van der Waals surface area (Å²) in [6, 6.07) is 17.2. The van der Waals surface area contributed by atoms with Gasteiger partial charge in [-0.2, -0.15) is 0 Å². The van der Waals surface area contributed by atoms with Gasteiger partial charge in [-0.15, -0.1) is 0 Å². The summed E-state index contributed by atoms with van der Waals surface area (Å²) in [5.41, 5.74) is 5.07. The Morgan fingerprint density at radius 2 is 1.75 bits per heavy atom. The molecular formula is C21H21NOSi. The third-order valence-corrected chi connectivity index (χ3v) is 6.60. The monoisotopic (exact) mass is 331 g/mol. The molecule has 0 aliphatic carbocycles. The molecule has 2 aromatic carbocycles. The second-order valence-corrected chi connectivity index (χ2v) is 12.5. The molecule has 0 amide bonds. The van der Waals surface area contributed by atoms with Crippen molar-refractivity contribution in [1.29, 1.82) is 0 Å². The van der Waals surface area contributed by atoms with Gasteiger partial charge in [-0.05, 0) is 30.7 Å². The van der Waals surface area contributed by atoms with Crippen molar-refractivity contribution in [3.63, 3.8) is 0 Å². The fourth-order valence-corrected chi connectivity index (χ4v) is 4.24. The Bertz CT molecular complexity index is 1040. The number of fused-ring (bicyclic) bond motifs is 3. The summed E-state index contributed by atoms with van der Waals surface area (Å²) in [5.74, 6) is 0. The number of aromatic nitrogens is 1. The molecule has 0 aliphatic heterocycles. The van der Waals surface area contributed by atoms with Crippen LogP contribution in [-0.4, -0.2) is 13.1 Å². The first kappa shape index (κ1) is 15.2. The molecule has 4 rings (SSSR count). The summed E-state index contributed by atoms with van der Waals surface area (Å²) in [6.45, 7) is 9.13. The number of aryl methyl sites for hydroxylation is 1. The molecule has 120 valence electrons. The lowest BCUT2D eigenvalue weighted by Gasteiger charge is -2.15. The average Bonchev–Trinajstić information content (AvgIpc) is 2.92. The maximum atomic E-state index is 6.29. The number of hydrogen-bond donors (Lipinski definition) is 0. The molecule has 0 fully saturated rings. The van der Waals surface area contributed by atoms with Crippen LogP contribution in [-0.2, 0) is 0 Å². The largest absolute Gasteiger partial charge is 0.455 e. The third kappa shape index (κ3) is 2.45. The first-order valence-corrected chi connectivity index (χ1v) is 11.8. The van der Waals surface area contributed by atoms with E-state index in [1.807, 2.05) is 6.20 Å². The van der Waals surface area contributed by atoms with Crippen LogP contribution in [0.25, 0.3) is 33.2 Å². The summed E-state index contributed by atoms with van der Waals surface area (Å²) in [5, 5.41) is 3.76. The molecule has 2 aromatic heterocycles. The van der Waals surface area contributed by atoms with Gasteiger partial charge in [0.2, 0.25) is 0 Å². The molecule has 0 unspecified atom stereocenters. The van der Waals surface area contributed by atoms with Gasteiger partial charge >= 0.3 is 0 Å². The van der Waals surface area contributed by atoms with Crippen molar-refractivity contribution < 1.29 is 4.42 Å². The van der Waals surface area contributed by atoms with E-state index in [-0.39, 0.29) is 0 Å². The van der Waals surface area contributed by atoms with E-state index in [2.05, 4.69) is 80.1 Å². The molecule has 0 aliphatic rings. The second-order valence-electron chi connectivity index (χ2n) is 7.47. The highest BCUT2D eigenvalue weighted by atomic mass is 28.3. The minimum atomic E-state index is -1.36. The van der Waals surface area contributed by atoms with Crippen molar-refractivity contribution in [2.45, 2.75) is 26.6 Å². The number of para-hydroxylation sites is 1. The van der Waals surface area contributed by atoms with Gasteiger partial charge in [0.15, 0.2) is 0 Å². The van der Waals surface area contributed by atoms with Crippen LogP contribution in [0.2, 0.25) is 19.6 Å². The zero-order valence-electron chi connectivity index (χ0n) is 14.6. The molecule has 0 radical (unpaired) electrons. The van der Waals surface area contributed by atoms with E-state index >= 15 is 0 Å². The van der Waals surface area contributed by atoms with Crippen molar-refractivity contribution in [2.75, 3.05) is 0 Å². The fourth-order valence-electron chi connectivity index (χ4n) is 3.09. The molecule has 0 atom stereocenters. The third-order valence-electron chi connectivity index (χ3n) is 4.55. The van der Waals surface area contributed by atoms with Gasteiger partial charge < -0.3 is 4.42 Å². The highest BCUT2D eigenvalue weighted by molar-refractivity contribution is 6.88. The van der Waals surface area contributed by atoms with Gasteiger partial charge in [-0.3, -0.25) is 4.98 Å². The molecule has 0 bridgehead atoms. The van der Waals surface area contributed by atoms with Crippen LogP contribution in [0, 0.1) is 6.92 Å². The van der Waals surface area contributed by atoms with E-state index in [4.69, 9.17) is 4.42 Å². The zero-order chi connectivity index (χ0) is 16.9. The van der Waals surface area contributed by atoms with Crippen LogP contribution in [0.4, 0.5) is 0 Å². The SMILES string of the molecule is Cc1ccc(-c2cccc3c2oc2cc([Si](C)(C)C)ccc23)nc1. The van der Waals surface area contributed by atoms with Crippen LogP contribution in [0.1, 0.15) is 5.56 Å². The van der Waals surface area contributed by atoms with Crippen molar-refractivity contribution in [1.82, 2.24) is 4.98 Å². The predicted molar refractivity (Wildman–Crippen MR) is 105 cm³/mol. The second kappa shape index (κ2) is 5.31. The van der Waals surface area contributed by atoms with Crippen LogP contribution < -0.4 is 5.19 Å². The van der Waals surface area contributed by atoms with E-state index in [0.29, 0.717) is 0 Å². The van der Waals surface area contributed by atoms with Crippen molar-refractivity contribution in [3.05, 3.63) is 60.3 Å². The van der Waals surface area contributed by atoms with Crippen LogP contribution >= 0.6 is 0 Å². The number of rotatable bonds is 2. The van der Waals surface area contributed by atoms with Gasteiger partial charge in [0.1, 0.15) is 11.2 Å². The summed E-state index contributed by atoms with van der Waals surface area (Å²) < 4.78 is 6.29. The van der Waals surface area contributed by atoms with E-state index in [9.17, 15) is 0 Å². The molecule has 24 heavy (non-hydrogen) atoms. The van der Waals surface area contributed by atoms with Crippen molar-refractivity contribution >= 4 is 35.2 Å².